The molecule has 14 heteroatoms. The minimum Gasteiger partial charge on any atom is -0.457 e. The van der Waals surface area contributed by atoms with Gasteiger partial charge in [0, 0.05) is 5.75 Å². The molecule has 0 bridgehead atoms. The monoisotopic (exact) mass is 529 g/mol. The van der Waals surface area contributed by atoms with Crippen LogP contribution >= 0.6 is 11.8 Å². The van der Waals surface area contributed by atoms with E-state index in [1.54, 1.807) is 41.5 Å². The van der Waals surface area contributed by atoms with Gasteiger partial charge >= 0.3 is 12.1 Å². The number of carbonyl (C=O) groups excluding carboxylic acids is 4. The van der Waals surface area contributed by atoms with Gasteiger partial charge in [-0.05, 0) is 55.4 Å². The highest BCUT2D eigenvalue weighted by atomic mass is 32.2. The Hall–Kier alpha value is -2.87. The third kappa shape index (κ3) is 8.36. The summed E-state index contributed by atoms with van der Waals surface area (Å²) in [5, 5.41) is 21.0. The molecule has 1 fully saturated rings. The molecule has 0 spiro atoms. The van der Waals surface area contributed by atoms with E-state index in [1.165, 1.54) is 13.8 Å². The number of hydrogen-bond donors (Lipinski definition) is 4. The lowest BCUT2D eigenvalue weighted by Gasteiger charge is -2.35. The van der Waals surface area contributed by atoms with Crippen LogP contribution in [0.25, 0.3) is 0 Å². The lowest BCUT2D eigenvalue weighted by Crippen LogP contribution is -2.71. The van der Waals surface area contributed by atoms with Gasteiger partial charge < -0.3 is 30.1 Å². The zero-order valence-corrected chi connectivity index (χ0v) is 22.6. The van der Waals surface area contributed by atoms with Crippen molar-refractivity contribution in [1.82, 2.24) is 16.0 Å². The molecule has 0 aliphatic carbocycles. The lowest BCUT2D eigenvalue weighted by molar-refractivity contribution is -0.179. The van der Waals surface area contributed by atoms with E-state index in [9.17, 15) is 24.3 Å². The number of amides is 3. The first-order valence-corrected chi connectivity index (χ1v) is 12.3. The highest BCUT2D eigenvalue weighted by molar-refractivity contribution is 8.14. The van der Waals surface area contributed by atoms with Crippen molar-refractivity contribution in [3.05, 3.63) is 0 Å². The zero-order chi connectivity index (χ0) is 27.5. The first-order chi connectivity index (χ1) is 16.4. The highest BCUT2D eigenvalue weighted by Gasteiger charge is 2.42. The van der Waals surface area contributed by atoms with Gasteiger partial charge in [-0.3, -0.25) is 19.9 Å². The predicted octanol–water partition coefficient (Wildman–Crippen LogP) is 0.451. The molecule has 2 rings (SSSR count). The number of nitrogens with zero attached hydrogens (tertiary/aromatic N) is 2. The Morgan fingerprint density at radius 1 is 1.11 bits per heavy atom. The fourth-order valence-electron chi connectivity index (χ4n) is 2.80. The Morgan fingerprint density at radius 3 is 2.25 bits per heavy atom. The van der Waals surface area contributed by atoms with Crippen molar-refractivity contribution < 1.29 is 38.6 Å². The fraction of sp³-hybridized carbons (Fsp3) is 0.727. The second-order valence-electron chi connectivity index (χ2n) is 10.7. The largest absolute Gasteiger partial charge is 0.457 e. The van der Waals surface area contributed by atoms with Gasteiger partial charge in [-0.2, -0.15) is 0 Å². The van der Waals surface area contributed by atoms with Crippen molar-refractivity contribution in [3.8, 4) is 0 Å². The highest BCUT2D eigenvalue weighted by Crippen LogP contribution is 2.22. The van der Waals surface area contributed by atoms with Gasteiger partial charge in [0.2, 0.25) is 11.5 Å². The van der Waals surface area contributed by atoms with Crippen LogP contribution < -0.4 is 16.0 Å². The average Bonchev–Trinajstić information content (AvgIpc) is 3.15. The normalized spacial score (nSPS) is 22.6. The first-order valence-electron chi connectivity index (χ1n) is 11.3. The summed E-state index contributed by atoms with van der Waals surface area (Å²) in [6.07, 6.45) is -0.712. The number of rotatable bonds is 7. The van der Waals surface area contributed by atoms with Gasteiger partial charge in [0.05, 0.1) is 12.6 Å². The van der Waals surface area contributed by atoms with Crippen molar-refractivity contribution in [2.24, 2.45) is 10.1 Å². The number of oxime groups is 1. The summed E-state index contributed by atoms with van der Waals surface area (Å²) in [6, 6.07) is -2.48. The van der Waals surface area contributed by atoms with Crippen molar-refractivity contribution >= 4 is 46.5 Å². The van der Waals surface area contributed by atoms with E-state index in [4.69, 9.17) is 14.3 Å². The lowest BCUT2D eigenvalue weighted by atomic mass is 9.99. The minimum atomic E-state index is -1.55. The summed E-state index contributed by atoms with van der Waals surface area (Å²) in [5.74, 6) is -1.73. The molecule has 2 heterocycles. The number of aliphatic imine (C=N–C) groups is 1. The fourth-order valence-corrected chi connectivity index (χ4v) is 3.71. The molecular weight excluding hydrogens is 494 g/mol. The van der Waals surface area contributed by atoms with E-state index >= 15 is 0 Å². The van der Waals surface area contributed by atoms with Gasteiger partial charge in [0.25, 0.3) is 5.91 Å². The maximum atomic E-state index is 13.1. The molecule has 4 N–H and O–H groups in total. The van der Waals surface area contributed by atoms with Crippen molar-refractivity contribution in [3.63, 3.8) is 0 Å². The van der Waals surface area contributed by atoms with Crippen molar-refractivity contribution in [2.45, 2.75) is 90.3 Å². The Kier molecular flexibility index (Phi) is 9.00. The maximum Gasteiger partial charge on any atom is 0.413 e. The molecule has 202 valence electrons. The Balaban J connectivity index is 2.24. The molecule has 0 radical (unpaired) electrons. The molecule has 0 aromatic rings. The van der Waals surface area contributed by atoms with Gasteiger partial charge in [0.15, 0.2) is 10.9 Å². The van der Waals surface area contributed by atoms with Crippen LogP contribution in [0.4, 0.5) is 4.79 Å². The van der Waals surface area contributed by atoms with Gasteiger partial charge in [-0.1, -0.05) is 16.9 Å². The maximum absolute atomic E-state index is 13.1. The SMILES string of the molecule is CC(C)(C)OC(=O)NC1=NC(/C(=N/OC(C)(C)C(=O)OC(C)(C)C)C(=O)N[C@@H]2C(=O)N[C@@H]2CO)CS1. The quantitative estimate of drug-likeness (QED) is 0.158. The van der Waals surface area contributed by atoms with Crippen LogP contribution in [0.15, 0.2) is 10.1 Å². The summed E-state index contributed by atoms with van der Waals surface area (Å²) in [6.45, 7) is 12.8. The van der Waals surface area contributed by atoms with Crippen LogP contribution in [0.3, 0.4) is 0 Å². The number of amidine groups is 1. The van der Waals surface area contributed by atoms with Gasteiger partial charge in [0.1, 0.15) is 23.3 Å². The molecule has 3 atom stereocenters. The number of esters is 1. The second-order valence-corrected chi connectivity index (χ2v) is 11.7. The van der Waals surface area contributed by atoms with Crippen LogP contribution in [-0.4, -0.2) is 87.2 Å². The minimum absolute atomic E-state index is 0.204. The van der Waals surface area contributed by atoms with E-state index in [1.807, 2.05) is 0 Å². The molecule has 2 aliphatic rings. The number of hydrogen-bond acceptors (Lipinski definition) is 11. The van der Waals surface area contributed by atoms with E-state index in [0.29, 0.717) is 0 Å². The molecule has 1 saturated heterocycles. The Labute approximate surface area is 214 Å². The van der Waals surface area contributed by atoms with Crippen LogP contribution in [0.5, 0.6) is 0 Å². The number of ether oxygens (including phenoxy) is 2. The molecule has 3 amide bonds. The summed E-state index contributed by atoms with van der Waals surface area (Å²) in [5.41, 5.74) is -3.26. The molecule has 13 nitrogen and oxygen atoms in total. The molecule has 36 heavy (non-hydrogen) atoms. The number of alkyl carbamates (subject to hydrolysis) is 1. The molecule has 0 aromatic carbocycles. The van der Waals surface area contributed by atoms with Crippen LogP contribution in [0, 0.1) is 0 Å². The van der Waals surface area contributed by atoms with Gasteiger partial charge in [-0.15, -0.1) is 0 Å². The van der Waals surface area contributed by atoms with Crippen molar-refractivity contribution in [1.29, 1.82) is 0 Å². The van der Waals surface area contributed by atoms with E-state index in [-0.39, 0.29) is 23.2 Å². The number of aliphatic hydroxyl groups excluding tert-OH is 1. The third-order valence-corrected chi connectivity index (χ3v) is 5.53. The summed E-state index contributed by atoms with van der Waals surface area (Å²) >= 11 is 1.15. The predicted molar refractivity (Wildman–Crippen MR) is 132 cm³/mol. The summed E-state index contributed by atoms with van der Waals surface area (Å²) in [4.78, 5) is 59.3. The molecule has 0 aromatic heterocycles. The number of aliphatic hydroxyl groups is 1. The molecular formula is C22H35N5O8S. The molecule has 0 saturated carbocycles. The topological polar surface area (TPSA) is 177 Å². The average molecular weight is 530 g/mol. The van der Waals surface area contributed by atoms with Gasteiger partial charge in [-0.25, -0.2) is 9.59 Å². The molecule has 1 unspecified atom stereocenters. The van der Waals surface area contributed by atoms with E-state index < -0.39 is 58.8 Å². The third-order valence-electron chi connectivity index (χ3n) is 4.57. The summed E-state index contributed by atoms with van der Waals surface area (Å²) < 4.78 is 10.6. The Bertz CT molecular complexity index is 951. The number of thioether (sulfide) groups is 1. The summed E-state index contributed by atoms with van der Waals surface area (Å²) in [7, 11) is 0. The van der Waals surface area contributed by atoms with E-state index in [2.05, 4.69) is 26.1 Å². The molecule has 2 aliphatic heterocycles. The number of nitrogens with one attached hydrogen (secondary N) is 3. The van der Waals surface area contributed by atoms with E-state index in [0.717, 1.165) is 11.8 Å². The smallest absolute Gasteiger partial charge is 0.413 e. The number of carbonyl (C=O) groups is 4. The first kappa shape index (κ1) is 29.4. The second kappa shape index (κ2) is 11.0. The Morgan fingerprint density at radius 2 is 1.72 bits per heavy atom. The van der Waals surface area contributed by atoms with Crippen LogP contribution in [0.2, 0.25) is 0 Å². The standard InChI is InChI=1S/C22H35N5O8S/c1-20(2,3)33-17(31)22(7,8)35-27-14(16(30)25-13-11(9-28)23-15(13)29)12-10-36-18(24-12)26-19(32)34-21(4,5)6/h11-13,28H,9-10H2,1-8H3,(H,23,29)(H,25,30)(H,24,26,32)/b27-14-/t11-,12?,13+/m1/s1. The number of β-lactam (4-membered cyclic amide) rings is 1. The zero-order valence-electron chi connectivity index (χ0n) is 21.8. The van der Waals surface area contributed by atoms with Crippen molar-refractivity contribution in [2.75, 3.05) is 12.4 Å². The van der Waals surface area contributed by atoms with Crippen LogP contribution in [0.1, 0.15) is 55.4 Å². The van der Waals surface area contributed by atoms with Crippen LogP contribution in [-0.2, 0) is 28.7 Å².